The molecule has 158 valence electrons. The highest BCUT2D eigenvalue weighted by Crippen LogP contribution is 2.31. The van der Waals surface area contributed by atoms with Gasteiger partial charge in [0.05, 0.1) is 16.7 Å². The molecule has 1 aromatic carbocycles. The molecule has 0 saturated heterocycles. The molecule has 1 aromatic rings. The highest BCUT2D eigenvalue weighted by molar-refractivity contribution is 6.22. The quantitative estimate of drug-likeness (QED) is 0.417. The SMILES string of the molecule is C=CCNC(=O)NC(=O)COC(=O)c1ccc2c(c1)C(=O)N(C1CCCCC1)C2=O. The number of ether oxygens (including phenoxy) is 1. The van der Waals surface area contributed by atoms with Crippen LogP contribution in [0.5, 0.6) is 0 Å². The maximum atomic E-state index is 12.8. The Morgan fingerprint density at radius 2 is 1.80 bits per heavy atom. The van der Waals surface area contributed by atoms with E-state index in [1.807, 2.05) is 5.32 Å². The highest BCUT2D eigenvalue weighted by Gasteiger charge is 2.40. The molecule has 1 saturated carbocycles. The fourth-order valence-corrected chi connectivity index (χ4v) is 3.64. The predicted octanol–water partition coefficient (Wildman–Crippen LogP) is 1.78. The summed E-state index contributed by atoms with van der Waals surface area (Å²) < 4.78 is 4.90. The smallest absolute Gasteiger partial charge is 0.338 e. The molecule has 0 aromatic heterocycles. The van der Waals surface area contributed by atoms with Gasteiger partial charge in [-0.05, 0) is 31.0 Å². The molecule has 0 radical (unpaired) electrons. The molecule has 9 nitrogen and oxygen atoms in total. The third-order valence-corrected chi connectivity index (χ3v) is 5.09. The van der Waals surface area contributed by atoms with Gasteiger partial charge in [-0.25, -0.2) is 9.59 Å². The van der Waals surface area contributed by atoms with Gasteiger partial charge in [-0.2, -0.15) is 0 Å². The molecule has 5 amide bonds. The van der Waals surface area contributed by atoms with Gasteiger partial charge in [0.1, 0.15) is 0 Å². The summed E-state index contributed by atoms with van der Waals surface area (Å²) >= 11 is 0. The molecule has 1 fully saturated rings. The van der Waals surface area contributed by atoms with Crippen LogP contribution >= 0.6 is 0 Å². The standard InChI is InChI=1S/C21H23N3O6/c1-2-10-22-21(29)23-17(25)12-30-20(28)13-8-9-15-16(11-13)19(27)24(18(15)26)14-6-4-3-5-7-14/h2,8-9,11,14H,1,3-7,10,12H2,(H2,22,23,25,29). The van der Waals surface area contributed by atoms with Crippen LogP contribution in [0.3, 0.4) is 0 Å². The third-order valence-electron chi connectivity index (χ3n) is 5.09. The molecule has 1 aliphatic heterocycles. The van der Waals surface area contributed by atoms with Gasteiger partial charge < -0.3 is 10.1 Å². The number of hydrogen-bond acceptors (Lipinski definition) is 6. The summed E-state index contributed by atoms with van der Waals surface area (Å²) in [5.74, 6) is -2.39. The fourth-order valence-electron chi connectivity index (χ4n) is 3.64. The van der Waals surface area contributed by atoms with E-state index in [4.69, 9.17) is 4.74 Å². The number of fused-ring (bicyclic) bond motifs is 1. The Morgan fingerprint density at radius 3 is 2.50 bits per heavy atom. The lowest BCUT2D eigenvalue weighted by Gasteiger charge is -2.29. The molecular formula is C21H23N3O6. The summed E-state index contributed by atoms with van der Waals surface area (Å²) in [5.41, 5.74) is 0.469. The number of nitrogens with one attached hydrogen (secondary N) is 2. The van der Waals surface area contributed by atoms with Crippen LogP contribution in [-0.2, 0) is 9.53 Å². The second kappa shape index (κ2) is 9.34. The second-order valence-corrected chi connectivity index (χ2v) is 7.16. The molecule has 0 atom stereocenters. The van der Waals surface area contributed by atoms with Crippen LogP contribution in [0.15, 0.2) is 30.9 Å². The van der Waals surface area contributed by atoms with Crippen LogP contribution in [-0.4, -0.2) is 53.8 Å². The lowest BCUT2D eigenvalue weighted by atomic mass is 9.94. The van der Waals surface area contributed by atoms with Crippen molar-refractivity contribution < 1.29 is 28.7 Å². The molecule has 30 heavy (non-hydrogen) atoms. The third kappa shape index (κ3) is 4.56. The Balaban J connectivity index is 1.62. The van der Waals surface area contributed by atoms with E-state index in [-0.39, 0.29) is 35.2 Å². The maximum Gasteiger partial charge on any atom is 0.338 e. The normalized spacial score (nSPS) is 16.1. The van der Waals surface area contributed by atoms with E-state index in [0.717, 1.165) is 32.1 Å². The number of carbonyl (C=O) groups is 5. The van der Waals surface area contributed by atoms with E-state index < -0.39 is 30.4 Å². The molecule has 2 N–H and O–H groups in total. The molecule has 0 bridgehead atoms. The maximum absolute atomic E-state index is 12.8. The predicted molar refractivity (Wildman–Crippen MR) is 106 cm³/mol. The molecule has 1 aliphatic carbocycles. The summed E-state index contributed by atoms with van der Waals surface area (Å²) in [4.78, 5) is 62.1. The van der Waals surface area contributed by atoms with Gasteiger partial charge in [0.25, 0.3) is 17.7 Å². The Morgan fingerprint density at radius 1 is 1.10 bits per heavy atom. The first-order chi connectivity index (χ1) is 14.4. The van der Waals surface area contributed by atoms with Crippen LogP contribution in [0.2, 0.25) is 0 Å². The van der Waals surface area contributed by atoms with Crippen molar-refractivity contribution in [3.63, 3.8) is 0 Å². The van der Waals surface area contributed by atoms with Gasteiger partial charge in [-0.3, -0.25) is 24.6 Å². The van der Waals surface area contributed by atoms with Crippen LogP contribution in [0, 0.1) is 0 Å². The van der Waals surface area contributed by atoms with Gasteiger partial charge in [-0.1, -0.05) is 25.3 Å². The van der Waals surface area contributed by atoms with Crippen molar-refractivity contribution in [2.45, 2.75) is 38.1 Å². The number of amides is 5. The molecule has 2 aliphatic rings. The minimum absolute atomic E-state index is 0.0457. The van der Waals surface area contributed by atoms with Crippen molar-refractivity contribution in [1.82, 2.24) is 15.5 Å². The van der Waals surface area contributed by atoms with E-state index in [9.17, 15) is 24.0 Å². The molecule has 3 rings (SSSR count). The van der Waals surface area contributed by atoms with E-state index in [2.05, 4.69) is 11.9 Å². The first kappa shape index (κ1) is 21.2. The Bertz CT molecular complexity index is 904. The van der Waals surface area contributed by atoms with Crippen LogP contribution in [0.25, 0.3) is 0 Å². The monoisotopic (exact) mass is 413 g/mol. The van der Waals surface area contributed by atoms with Gasteiger partial charge in [0, 0.05) is 12.6 Å². The number of benzene rings is 1. The lowest BCUT2D eigenvalue weighted by Crippen LogP contribution is -2.41. The van der Waals surface area contributed by atoms with Gasteiger partial charge in [0.15, 0.2) is 6.61 Å². The summed E-state index contributed by atoms with van der Waals surface area (Å²) in [6.45, 7) is 2.94. The fraction of sp³-hybridized carbons (Fsp3) is 0.381. The average Bonchev–Trinajstić information content (AvgIpc) is 3.00. The van der Waals surface area contributed by atoms with E-state index in [0.29, 0.717) is 0 Å². The largest absolute Gasteiger partial charge is 0.452 e. The first-order valence-electron chi connectivity index (χ1n) is 9.80. The second-order valence-electron chi connectivity index (χ2n) is 7.16. The number of esters is 1. The zero-order valence-corrected chi connectivity index (χ0v) is 16.4. The number of nitrogens with zero attached hydrogens (tertiary/aromatic N) is 1. The van der Waals surface area contributed by atoms with Crippen molar-refractivity contribution in [2.75, 3.05) is 13.2 Å². The number of urea groups is 1. The van der Waals surface area contributed by atoms with Crippen molar-refractivity contribution >= 4 is 29.7 Å². The van der Waals surface area contributed by atoms with Crippen molar-refractivity contribution in [3.8, 4) is 0 Å². The number of carbonyl (C=O) groups excluding carboxylic acids is 5. The zero-order valence-electron chi connectivity index (χ0n) is 16.4. The highest BCUT2D eigenvalue weighted by atomic mass is 16.5. The molecule has 9 heteroatoms. The van der Waals surface area contributed by atoms with Crippen molar-refractivity contribution in [1.29, 1.82) is 0 Å². The summed E-state index contributed by atoms with van der Waals surface area (Å²) in [6, 6.07) is 3.27. The van der Waals surface area contributed by atoms with Gasteiger partial charge >= 0.3 is 12.0 Å². The minimum Gasteiger partial charge on any atom is -0.452 e. The van der Waals surface area contributed by atoms with E-state index >= 15 is 0 Å². The number of rotatable bonds is 6. The van der Waals surface area contributed by atoms with Crippen molar-refractivity contribution in [3.05, 3.63) is 47.5 Å². The van der Waals surface area contributed by atoms with Crippen molar-refractivity contribution in [2.24, 2.45) is 0 Å². The Kier molecular flexibility index (Phi) is 6.61. The van der Waals surface area contributed by atoms with Gasteiger partial charge in [-0.15, -0.1) is 6.58 Å². The average molecular weight is 413 g/mol. The Labute approximate surface area is 173 Å². The molecule has 1 heterocycles. The van der Waals surface area contributed by atoms with E-state index in [1.165, 1.54) is 29.2 Å². The van der Waals surface area contributed by atoms with E-state index in [1.54, 1.807) is 0 Å². The van der Waals surface area contributed by atoms with Crippen LogP contribution in [0.4, 0.5) is 4.79 Å². The summed E-state index contributed by atoms with van der Waals surface area (Å²) in [7, 11) is 0. The van der Waals surface area contributed by atoms with Crippen LogP contribution < -0.4 is 10.6 Å². The summed E-state index contributed by atoms with van der Waals surface area (Å²) in [5, 5.41) is 4.35. The minimum atomic E-state index is -0.837. The van der Waals surface area contributed by atoms with Gasteiger partial charge in [0.2, 0.25) is 0 Å². The molecular weight excluding hydrogens is 390 g/mol. The first-order valence-corrected chi connectivity index (χ1v) is 9.80. The van der Waals surface area contributed by atoms with Crippen LogP contribution in [0.1, 0.15) is 63.2 Å². The number of hydrogen-bond donors (Lipinski definition) is 2. The molecule has 0 spiro atoms. The molecule has 0 unspecified atom stereocenters. The topological polar surface area (TPSA) is 122 Å². The zero-order chi connectivity index (χ0) is 21.7. The number of imide groups is 2. The lowest BCUT2D eigenvalue weighted by molar-refractivity contribution is -0.123. The summed E-state index contributed by atoms with van der Waals surface area (Å²) in [6.07, 6.45) is 6.07. The Hall–Kier alpha value is -3.49.